The van der Waals surface area contributed by atoms with Crippen LogP contribution >= 0.6 is 11.6 Å². The molecule has 1 N–H and O–H groups in total. The number of hydrogen-bond acceptors (Lipinski definition) is 4. The minimum absolute atomic E-state index is 0.0957. The molecule has 0 saturated carbocycles. The topological polar surface area (TPSA) is 75.7 Å². The molecule has 3 aromatic carbocycles. The Labute approximate surface area is 198 Å². The first kappa shape index (κ1) is 24.5. The predicted molar refractivity (Wildman–Crippen MR) is 128 cm³/mol. The third-order valence-corrected chi connectivity index (χ3v) is 6.48. The van der Waals surface area contributed by atoms with Crippen LogP contribution < -0.4 is 14.4 Å². The summed E-state index contributed by atoms with van der Waals surface area (Å²) >= 11 is 5.92. The summed E-state index contributed by atoms with van der Waals surface area (Å²) in [7, 11) is -2.24. The minimum Gasteiger partial charge on any atom is -0.496 e. The normalized spacial score (nSPS) is 12.2. The van der Waals surface area contributed by atoms with Crippen LogP contribution in [-0.2, 0) is 16.6 Å². The van der Waals surface area contributed by atoms with E-state index in [9.17, 15) is 17.6 Å². The van der Waals surface area contributed by atoms with Crippen LogP contribution in [0.25, 0.3) is 0 Å². The molecule has 0 fully saturated rings. The molecular weight excluding hydrogens is 467 g/mol. The van der Waals surface area contributed by atoms with Gasteiger partial charge in [0.1, 0.15) is 11.6 Å². The van der Waals surface area contributed by atoms with Crippen LogP contribution in [0.2, 0.25) is 5.02 Å². The fraction of sp³-hybridized carbons (Fsp3) is 0.208. The number of hydrogen-bond donors (Lipinski definition) is 1. The maximum Gasteiger partial charge on any atom is 0.251 e. The number of halogens is 2. The second kappa shape index (κ2) is 10.2. The number of methoxy groups -OCH3 is 1. The van der Waals surface area contributed by atoms with Crippen molar-refractivity contribution >= 4 is 33.2 Å². The van der Waals surface area contributed by atoms with Crippen molar-refractivity contribution in [3.63, 3.8) is 0 Å². The van der Waals surface area contributed by atoms with Crippen molar-refractivity contribution < 1.29 is 22.3 Å². The number of carbonyl (C=O) groups is 1. The molecule has 0 heterocycles. The average Bonchev–Trinajstić information content (AvgIpc) is 2.77. The Bertz CT molecular complexity index is 1230. The lowest BCUT2D eigenvalue weighted by molar-refractivity contribution is 0.0939. The lowest BCUT2D eigenvalue weighted by atomic mass is 10.1. The molecule has 0 aliphatic carbocycles. The molecule has 0 radical (unpaired) electrons. The minimum atomic E-state index is -3.70. The van der Waals surface area contributed by atoms with Crippen LogP contribution in [0.5, 0.6) is 5.75 Å². The highest BCUT2D eigenvalue weighted by atomic mass is 35.5. The monoisotopic (exact) mass is 490 g/mol. The molecule has 3 rings (SSSR count). The van der Waals surface area contributed by atoms with Gasteiger partial charge in [0.25, 0.3) is 5.91 Å². The smallest absolute Gasteiger partial charge is 0.251 e. The highest BCUT2D eigenvalue weighted by molar-refractivity contribution is 7.92. The lowest BCUT2D eigenvalue weighted by Gasteiger charge is -2.24. The number of ether oxygens (including phenoxy) is 1. The Morgan fingerprint density at radius 2 is 1.73 bits per heavy atom. The zero-order valence-electron chi connectivity index (χ0n) is 18.4. The zero-order chi connectivity index (χ0) is 24.2. The molecule has 6 nitrogen and oxygen atoms in total. The maximum absolute atomic E-state index is 13.3. The second-order valence-corrected chi connectivity index (χ2v) is 9.86. The summed E-state index contributed by atoms with van der Waals surface area (Å²) in [6.45, 7) is 1.76. The zero-order valence-corrected chi connectivity index (χ0v) is 20.0. The van der Waals surface area contributed by atoms with Gasteiger partial charge in [0.15, 0.2) is 0 Å². The highest BCUT2D eigenvalue weighted by Gasteiger charge is 2.21. The van der Waals surface area contributed by atoms with E-state index in [-0.39, 0.29) is 18.5 Å². The predicted octanol–water partition coefficient (Wildman–Crippen LogP) is 4.94. The second-order valence-electron chi connectivity index (χ2n) is 7.52. The van der Waals surface area contributed by atoms with Crippen LogP contribution in [-0.4, -0.2) is 27.7 Å². The quantitative estimate of drug-likeness (QED) is 0.485. The molecule has 33 heavy (non-hydrogen) atoms. The van der Waals surface area contributed by atoms with Crippen LogP contribution in [0.1, 0.15) is 34.5 Å². The first-order valence-corrected chi connectivity index (χ1v) is 12.3. The molecule has 0 aliphatic rings. The summed E-state index contributed by atoms with van der Waals surface area (Å²) < 4.78 is 44.8. The Morgan fingerprint density at radius 1 is 1.09 bits per heavy atom. The van der Waals surface area contributed by atoms with Crippen molar-refractivity contribution in [1.82, 2.24) is 5.32 Å². The van der Waals surface area contributed by atoms with Gasteiger partial charge in [0.05, 0.1) is 31.6 Å². The summed E-state index contributed by atoms with van der Waals surface area (Å²) in [6, 6.07) is 16.8. The van der Waals surface area contributed by atoms with E-state index in [0.29, 0.717) is 27.6 Å². The molecule has 0 aliphatic heterocycles. The van der Waals surface area contributed by atoms with Crippen LogP contribution in [0.3, 0.4) is 0 Å². The fourth-order valence-electron chi connectivity index (χ4n) is 3.32. The van der Waals surface area contributed by atoms with Crippen molar-refractivity contribution in [3.05, 3.63) is 94.3 Å². The molecular formula is C24H24ClFN2O4S. The standard InChI is InChI=1S/C24H24ClFN2O4S/c1-16(17-4-7-20(25)8-5-17)27-24(29)18-6-13-23(32-2)19(14-18)15-28(33(3,30)31)22-11-9-21(26)10-12-22/h4-14,16H,15H2,1-3H3,(H,27,29)/t16-/m0/s1. The number of benzene rings is 3. The molecule has 9 heteroatoms. The summed E-state index contributed by atoms with van der Waals surface area (Å²) in [4.78, 5) is 12.9. The first-order chi connectivity index (χ1) is 15.6. The van der Waals surface area contributed by atoms with Gasteiger partial charge in [0, 0.05) is 16.1 Å². The van der Waals surface area contributed by atoms with E-state index in [0.717, 1.165) is 16.1 Å². The van der Waals surface area contributed by atoms with Gasteiger partial charge in [-0.05, 0) is 67.1 Å². The Balaban J connectivity index is 1.88. The molecule has 174 valence electrons. The van der Waals surface area contributed by atoms with Crippen molar-refractivity contribution in [2.45, 2.75) is 19.5 Å². The van der Waals surface area contributed by atoms with Gasteiger partial charge < -0.3 is 10.1 Å². The SMILES string of the molecule is COc1ccc(C(=O)N[C@@H](C)c2ccc(Cl)cc2)cc1CN(c1ccc(F)cc1)S(C)(=O)=O. The van der Waals surface area contributed by atoms with Crippen molar-refractivity contribution in [2.24, 2.45) is 0 Å². The molecule has 1 atom stereocenters. The van der Waals surface area contributed by atoms with Crippen molar-refractivity contribution in [3.8, 4) is 5.75 Å². The summed E-state index contributed by atoms with van der Waals surface area (Å²) in [6.07, 6.45) is 1.06. The van der Waals surface area contributed by atoms with Gasteiger partial charge in [0.2, 0.25) is 10.0 Å². The molecule has 0 unspecified atom stereocenters. The van der Waals surface area contributed by atoms with Gasteiger partial charge in [-0.2, -0.15) is 0 Å². The molecule has 3 aromatic rings. The van der Waals surface area contributed by atoms with E-state index in [2.05, 4.69) is 5.32 Å². The van der Waals surface area contributed by atoms with Gasteiger partial charge in [-0.3, -0.25) is 9.10 Å². The van der Waals surface area contributed by atoms with E-state index >= 15 is 0 Å². The van der Waals surface area contributed by atoms with Gasteiger partial charge in [-0.1, -0.05) is 23.7 Å². The van der Waals surface area contributed by atoms with Crippen LogP contribution in [0.15, 0.2) is 66.7 Å². The third kappa shape index (κ3) is 6.24. The number of amides is 1. The molecule has 1 amide bonds. The Hall–Kier alpha value is -3.10. The van der Waals surface area contributed by atoms with Gasteiger partial charge >= 0.3 is 0 Å². The van der Waals surface area contributed by atoms with E-state index < -0.39 is 15.8 Å². The van der Waals surface area contributed by atoms with Crippen molar-refractivity contribution in [2.75, 3.05) is 17.7 Å². The summed E-state index contributed by atoms with van der Waals surface area (Å²) in [5, 5.41) is 3.53. The van der Waals surface area contributed by atoms with E-state index in [1.54, 1.807) is 30.3 Å². The fourth-order valence-corrected chi connectivity index (χ4v) is 4.32. The number of nitrogens with zero attached hydrogens (tertiary/aromatic N) is 1. The van der Waals surface area contributed by atoms with E-state index in [4.69, 9.17) is 16.3 Å². The van der Waals surface area contributed by atoms with Crippen LogP contribution in [0.4, 0.5) is 10.1 Å². The van der Waals surface area contributed by atoms with Gasteiger partial charge in [-0.25, -0.2) is 12.8 Å². The number of nitrogens with one attached hydrogen (secondary N) is 1. The molecule has 0 saturated heterocycles. The maximum atomic E-state index is 13.3. The largest absolute Gasteiger partial charge is 0.496 e. The molecule has 0 aromatic heterocycles. The summed E-state index contributed by atoms with van der Waals surface area (Å²) in [5.74, 6) is -0.375. The first-order valence-electron chi connectivity index (χ1n) is 10.0. The van der Waals surface area contributed by atoms with E-state index in [1.807, 2.05) is 19.1 Å². The summed E-state index contributed by atoms with van der Waals surface area (Å²) in [5.41, 5.74) is 2.02. The number of carbonyl (C=O) groups excluding carboxylic acids is 1. The highest BCUT2D eigenvalue weighted by Crippen LogP contribution is 2.27. The molecule has 0 bridgehead atoms. The number of rotatable bonds is 8. The van der Waals surface area contributed by atoms with Gasteiger partial charge in [-0.15, -0.1) is 0 Å². The van der Waals surface area contributed by atoms with Crippen LogP contribution in [0, 0.1) is 5.82 Å². The van der Waals surface area contributed by atoms with Crippen molar-refractivity contribution in [1.29, 1.82) is 0 Å². The molecule has 0 spiro atoms. The third-order valence-electron chi connectivity index (χ3n) is 5.09. The number of anilines is 1. The Kier molecular flexibility index (Phi) is 7.61. The Morgan fingerprint density at radius 3 is 2.30 bits per heavy atom. The van der Waals surface area contributed by atoms with E-state index in [1.165, 1.54) is 31.4 Å². The average molecular weight is 491 g/mol. The number of sulfonamides is 1. The lowest BCUT2D eigenvalue weighted by Crippen LogP contribution is -2.30.